The van der Waals surface area contributed by atoms with Crippen molar-refractivity contribution in [3.05, 3.63) is 11.5 Å². The molecule has 1 unspecified atom stereocenters. The van der Waals surface area contributed by atoms with E-state index in [4.69, 9.17) is 10.5 Å². The first-order chi connectivity index (χ1) is 3.27. The predicted molar refractivity (Wildman–Crippen MR) is 27.4 cm³/mol. The van der Waals surface area contributed by atoms with Crippen molar-refractivity contribution in [2.75, 3.05) is 7.11 Å². The Balaban J connectivity index is 2.44. The molecule has 0 amide bonds. The summed E-state index contributed by atoms with van der Waals surface area (Å²) in [6.07, 6.45) is 0. The molecule has 0 heterocycles. The molecule has 2 heteroatoms. The Morgan fingerprint density at radius 2 is 2.14 bits per heavy atom. The van der Waals surface area contributed by atoms with Crippen LogP contribution in [0.1, 0.15) is 6.92 Å². The zero-order valence-electron chi connectivity index (χ0n) is 4.56. The van der Waals surface area contributed by atoms with E-state index in [2.05, 4.69) is 0 Å². The molecule has 0 saturated carbocycles. The Kier molecular flexibility index (Phi) is 0.741. The van der Waals surface area contributed by atoms with Gasteiger partial charge in [-0.1, -0.05) is 0 Å². The number of methoxy groups -OCH3 is 1. The lowest BCUT2D eigenvalue weighted by Gasteiger charge is -1.84. The first-order valence-corrected chi connectivity index (χ1v) is 2.31. The van der Waals surface area contributed by atoms with E-state index in [1.165, 1.54) is 0 Å². The van der Waals surface area contributed by atoms with Crippen molar-refractivity contribution < 1.29 is 4.74 Å². The van der Waals surface area contributed by atoms with Crippen molar-refractivity contribution in [3.63, 3.8) is 0 Å². The van der Waals surface area contributed by atoms with Gasteiger partial charge in [-0.05, 0) is 6.92 Å². The van der Waals surface area contributed by atoms with E-state index in [1.807, 2.05) is 6.92 Å². The van der Waals surface area contributed by atoms with Crippen LogP contribution in [0, 0.1) is 5.92 Å². The first-order valence-electron chi connectivity index (χ1n) is 2.31. The maximum absolute atomic E-state index is 5.38. The molecule has 0 spiro atoms. The van der Waals surface area contributed by atoms with Gasteiger partial charge in [-0.15, -0.1) is 0 Å². The highest BCUT2D eigenvalue weighted by atomic mass is 16.5. The molecule has 0 fully saturated rings. The van der Waals surface area contributed by atoms with E-state index in [0.717, 1.165) is 11.5 Å². The highest BCUT2D eigenvalue weighted by Crippen LogP contribution is 2.33. The number of ether oxygens (including phenoxy) is 1. The molecule has 1 aliphatic rings. The van der Waals surface area contributed by atoms with Crippen LogP contribution in [0.5, 0.6) is 0 Å². The Morgan fingerprint density at radius 1 is 1.71 bits per heavy atom. The molecule has 1 aliphatic carbocycles. The molecule has 1 rings (SSSR count). The van der Waals surface area contributed by atoms with E-state index in [0.29, 0.717) is 5.92 Å². The van der Waals surface area contributed by atoms with E-state index in [1.54, 1.807) is 7.11 Å². The third-order valence-corrected chi connectivity index (χ3v) is 1.28. The van der Waals surface area contributed by atoms with Crippen LogP contribution in [0.3, 0.4) is 0 Å². The summed E-state index contributed by atoms with van der Waals surface area (Å²) >= 11 is 0. The van der Waals surface area contributed by atoms with Crippen molar-refractivity contribution in [1.29, 1.82) is 0 Å². The maximum Gasteiger partial charge on any atom is 0.124 e. The summed E-state index contributed by atoms with van der Waals surface area (Å²) in [6.45, 7) is 2.02. The lowest BCUT2D eigenvalue weighted by atomic mass is 10.4. The standard InChI is InChI=1S/C5H9NO/c1-3-4(6)5(3)7-2/h3H,6H2,1-2H3. The normalized spacial score (nSPS) is 28.0. The van der Waals surface area contributed by atoms with Crippen molar-refractivity contribution in [2.45, 2.75) is 6.92 Å². The average Bonchev–Trinajstić information content (AvgIpc) is 2.17. The van der Waals surface area contributed by atoms with E-state index < -0.39 is 0 Å². The van der Waals surface area contributed by atoms with Gasteiger partial charge >= 0.3 is 0 Å². The van der Waals surface area contributed by atoms with Gasteiger partial charge in [0.2, 0.25) is 0 Å². The van der Waals surface area contributed by atoms with Gasteiger partial charge in [0, 0.05) is 0 Å². The summed E-state index contributed by atoms with van der Waals surface area (Å²) in [5.41, 5.74) is 6.28. The average molecular weight is 99.1 g/mol. The van der Waals surface area contributed by atoms with E-state index in [-0.39, 0.29) is 0 Å². The Bertz CT molecular complexity index is 117. The minimum absolute atomic E-state index is 0.421. The molecule has 0 aliphatic heterocycles. The van der Waals surface area contributed by atoms with Gasteiger partial charge in [-0.2, -0.15) is 0 Å². The lowest BCUT2D eigenvalue weighted by molar-refractivity contribution is 0.296. The van der Waals surface area contributed by atoms with Gasteiger partial charge in [0.1, 0.15) is 5.76 Å². The fraction of sp³-hybridized carbons (Fsp3) is 0.600. The molecular weight excluding hydrogens is 90.1 g/mol. The molecule has 2 nitrogen and oxygen atoms in total. The SMILES string of the molecule is COC1=C(N)C1C. The maximum atomic E-state index is 5.38. The van der Waals surface area contributed by atoms with Crippen LogP contribution in [-0.4, -0.2) is 7.11 Å². The third kappa shape index (κ3) is 0.463. The molecule has 0 radical (unpaired) electrons. The van der Waals surface area contributed by atoms with Gasteiger partial charge in [-0.3, -0.25) is 0 Å². The highest BCUT2D eigenvalue weighted by Gasteiger charge is 2.30. The summed E-state index contributed by atoms with van der Waals surface area (Å²) < 4.78 is 4.84. The van der Waals surface area contributed by atoms with Crippen LogP contribution in [0.2, 0.25) is 0 Å². The monoisotopic (exact) mass is 99.1 g/mol. The number of rotatable bonds is 1. The second-order valence-corrected chi connectivity index (χ2v) is 1.75. The molecule has 0 bridgehead atoms. The number of hydrogen-bond donors (Lipinski definition) is 1. The largest absolute Gasteiger partial charge is 0.499 e. The van der Waals surface area contributed by atoms with Crippen molar-refractivity contribution >= 4 is 0 Å². The van der Waals surface area contributed by atoms with Gasteiger partial charge in [0.05, 0.1) is 18.7 Å². The molecule has 2 N–H and O–H groups in total. The minimum atomic E-state index is 0.421. The van der Waals surface area contributed by atoms with Crippen molar-refractivity contribution in [3.8, 4) is 0 Å². The molecule has 40 valence electrons. The molecule has 0 aromatic heterocycles. The van der Waals surface area contributed by atoms with Crippen molar-refractivity contribution in [1.82, 2.24) is 0 Å². The summed E-state index contributed by atoms with van der Waals surface area (Å²) in [7, 11) is 1.64. The fourth-order valence-corrected chi connectivity index (χ4v) is 0.625. The molecule has 0 aromatic rings. The summed E-state index contributed by atoms with van der Waals surface area (Å²) in [5.74, 6) is 1.38. The molecule has 0 saturated heterocycles. The van der Waals surface area contributed by atoms with Crippen LogP contribution in [-0.2, 0) is 4.74 Å². The zero-order chi connectivity index (χ0) is 5.44. The molecule has 7 heavy (non-hydrogen) atoms. The number of allylic oxidation sites excluding steroid dienone is 2. The second kappa shape index (κ2) is 1.15. The summed E-state index contributed by atoms with van der Waals surface area (Å²) in [4.78, 5) is 0. The minimum Gasteiger partial charge on any atom is -0.499 e. The van der Waals surface area contributed by atoms with Crippen LogP contribution < -0.4 is 5.73 Å². The van der Waals surface area contributed by atoms with Gasteiger partial charge < -0.3 is 10.5 Å². The highest BCUT2D eigenvalue weighted by molar-refractivity contribution is 5.31. The quantitative estimate of drug-likeness (QED) is 0.518. The van der Waals surface area contributed by atoms with Gasteiger partial charge in [0.15, 0.2) is 0 Å². The molecule has 0 aromatic carbocycles. The second-order valence-electron chi connectivity index (χ2n) is 1.75. The van der Waals surface area contributed by atoms with E-state index in [9.17, 15) is 0 Å². The van der Waals surface area contributed by atoms with Crippen LogP contribution in [0.25, 0.3) is 0 Å². The Morgan fingerprint density at radius 3 is 2.14 bits per heavy atom. The van der Waals surface area contributed by atoms with Crippen LogP contribution >= 0.6 is 0 Å². The Labute approximate surface area is 43.0 Å². The van der Waals surface area contributed by atoms with Gasteiger partial charge in [0.25, 0.3) is 0 Å². The molecule has 1 atom stereocenters. The van der Waals surface area contributed by atoms with Gasteiger partial charge in [-0.25, -0.2) is 0 Å². The topological polar surface area (TPSA) is 35.2 Å². The van der Waals surface area contributed by atoms with Crippen LogP contribution in [0.4, 0.5) is 0 Å². The fourth-order valence-electron chi connectivity index (χ4n) is 0.625. The lowest BCUT2D eigenvalue weighted by Crippen LogP contribution is -1.83. The number of hydrogen-bond acceptors (Lipinski definition) is 2. The first kappa shape index (κ1) is 4.50. The molecular formula is C5H9NO. The predicted octanol–water partition coefficient (Wildman–Crippen LogP) is 0.453. The Hall–Kier alpha value is -0.660. The number of nitrogens with two attached hydrogens (primary N) is 1. The third-order valence-electron chi connectivity index (χ3n) is 1.28. The summed E-state index contributed by atoms with van der Waals surface area (Å²) in [6, 6.07) is 0. The van der Waals surface area contributed by atoms with Crippen LogP contribution in [0.15, 0.2) is 11.5 Å². The smallest absolute Gasteiger partial charge is 0.124 e. The zero-order valence-corrected chi connectivity index (χ0v) is 4.56. The summed E-state index contributed by atoms with van der Waals surface area (Å²) in [5, 5.41) is 0. The van der Waals surface area contributed by atoms with E-state index >= 15 is 0 Å². The van der Waals surface area contributed by atoms with Crippen molar-refractivity contribution in [2.24, 2.45) is 11.7 Å².